The van der Waals surface area contributed by atoms with E-state index in [1.54, 1.807) is 4.90 Å². The van der Waals surface area contributed by atoms with Crippen molar-refractivity contribution >= 4 is 11.8 Å². The summed E-state index contributed by atoms with van der Waals surface area (Å²) in [5.74, 6) is -0.157. The Bertz CT molecular complexity index is 1030. The second-order valence-electron chi connectivity index (χ2n) is 8.63. The van der Waals surface area contributed by atoms with E-state index in [0.29, 0.717) is 13.0 Å². The van der Waals surface area contributed by atoms with Crippen molar-refractivity contribution in [3.05, 3.63) is 107 Å². The minimum absolute atomic E-state index is 0.0424. The predicted octanol–water partition coefficient (Wildman–Crippen LogP) is 5.09. The van der Waals surface area contributed by atoms with Gasteiger partial charge >= 0.3 is 0 Å². The van der Waals surface area contributed by atoms with Crippen molar-refractivity contribution in [3.8, 4) is 0 Å². The van der Waals surface area contributed by atoms with Crippen LogP contribution in [0.2, 0.25) is 0 Å². The first-order valence-corrected chi connectivity index (χ1v) is 11.7. The van der Waals surface area contributed by atoms with Gasteiger partial charge < -0.3 is 10.2 Å². The SMILES string of the molecule is CCC(C)NC(=O)C(Cc1ccccc1)N(Cc1ccccc1)C(=O)Cc1ccccc1C. The summed E-state index contributed by atoms with van der Waals surface area (Å²) in [5.41, 5.74) is 4.10. The normalized spacial score (nSPS) is 12.6. The van der Waals surface area contributed by atoms with Crippen LogP contribution in [-0.4, -0.2) is 28.8 Å². The molecular weight excluding hydrogens is 408 g/mol. The molecule has 2 amide bonds. The third-order valence-corrected chi connectivity index (χ3v) is 6.07. The van der Waals surface area contributed by atoms with Gasteiger partial charge in [0, 0.05) is 19.0 Å². The van der Waals surface area contributed by atoms with Gasteiger partial charge in [0.15, 0.2) is 0 Å². The summed E-state index contributed by atoms with van der Waals surface area (Å²) in [6.45, 7) is 6.44. The summed E-state index contributed by atoms with van der Waals surface area (Å²) < 4.78 is 0. The van der Waals surface area contributed by atoms with Crippen LogP contribution in [0.1, 0.15) is 42.5 Å². The highest BCUT2D eigenvalue weighted by Gasteiger charge is 2.31. The van der Waals surface area contributed by atoms with Crippen molar-refractivity contribution < 1.29 is 9.59 Å². The maximum Gasteiger partial charge on any atom is 0.243 e. The fourth-order valence-corrected chi connectivity index (χ4v) is 3.85. The quantitative estimate of drug-likeness (QED) is 0.475. The van der Waals surface area contributed by atoms with E-state index in [1.165, 1.54) is 0 Å². The Balaban J connectivity index is 1.96. The summed E-state index contributed by atoms with van der Waals surface area (Å²) in [5, 5.41) is 3.11. The van der Waals surface area contributed by atoms with E-state index in [4.69, 9.17) is 0 Å². The maximum absolute atomic E-state index is 13.7. The number of carbonyl (C=O) groups excluding carboxylic acids is 2. The van der Waals surface area contributed by atoms with Gasteiger partial charge in [-0.3, -0.25) is 9.59 Å². The molecule has 0 aromatic heterocycles. The highest BCUT2D eigenvalue weighted by Crippen LogP contribution is 2.18. The number of nitrogens with zero attached hydrogens (tertiary/aromatic N) is 1. The minimum Gasteiger partial charge on any atom is -0.352 e. The lowest BCUT2D eigenvalue weighted by Gasteiger charge is -2.32. The Morgan fingerprint density at radius 3 is 2.03 bits per heavy atom. The Hall–Kier alpha value is -3.40. The Morgan fingerprint density at radius 2 is 1.42 bits per heavy atom. The van der Waals surface area contributed by atoms with Crippen molar-refractivity contribution in [2.45, 2.75) is 58.7 Å². The second-order valence-corrected chi connectivity index (χ2v) is 8.63. The van der Waals surface area contributed by atoms with Gasteiger partial charge in [-0.25, -0.2) is 0 Å². The first kappa shape index (κ1) is 24.2. The lowest BCUT2D eigenvalue weighted by Crippen LogP contribution is -2.52. The van der Waals surface area contributed by atoms with Gasteiger partial charge in [-0.05, 0) is 42.5 Å². The van der Waals surface area contributed by atoms with Crippen LogP contribution in [0.5, 0.6) is 0 Å². The maximum atomic E-state index is 13.7. The Labute approximate surface area is 197 Å². The fourth-order valence-electron chi connectivity index (χ4n) is 3.85. The van der Waals surface area contributed by atoms with Crippen LogP contribution in [0.15, 0.2) is 84.9 Å². The van der Waals surface area contributed by atoms with Crippen molar-refractivity contribution in [1.82, 2.24) is 10.2 Å². The molecule has 0 bridgehead atoms. The first-order chi connectivity index (χ1) is 16.0. The zero-order valence-corrected chi connectivity index (χ0v) is 19.8. The molecule has 3 rings (SSSR count). The molecule has 1 N–H and O–H groups in total. The van der Waals surface area contributed by atoms with Gasteiger partial charge in [-0.2, -0.15) is 0 Å². The molecule has 2 atom stereocenters. The van der Waals surface area contributed by atoms with Crippen LogP contribution in [0, 0.1) is 6.92 Å². The number of benzene rings is 3. The van der Waals surface area contributed by atoms with E-state index in [-0.39, 0.29) is 24.3 Å². The summed E-state index contributed by atoms with van der Waals surface area (Å²) in [4.78, 5) is 28.9. The van der Waals surface area contributed by atoms with Crippen molar-refractivity contribution in [2.75, 3.05) is 0 Å². The van der Waals surface area contributed by atoms with E-state index >= 15 is 0 Å². The van der Waals surface area contributed by atoms with Gasteiger partial charge in [0.2, 0.25) is 11.8 Å². The molecule has 0 aliphatic carbocycles. The lowest BCUT2D eigenvalue weighted by molar-refractivity contribution is -0.141. The van der Waals surface area contributed by atoms with Gasteiger partial charge in [0.25, 0.3) is 0 Å². The smallest absolute Gasteiger partial charge is 0.243 e. The Kier molecular flexibility index (Phi) is 8.82. The summed E-state index contributed by atoms with van der Waals surface area (Å²) in [6.07, 6.45) is 1.57. The summed E-state index contributed by atoms with van der Waals surface area (Å²) in [6, 6.07) is 27.2. The number of rotatable bonds is 10. The average Bonchev–Trinajstić information content (AvgIpc) is 2.83. The number of hydrogen-bond donors (Lipinski definition) is 1. The van der Waals surface area contributed by atoms with Gasteiger partial charge in [-0.1, -0.05) is 91.9 Å². The first-order valence-electron chi connectivity index (χ1n) is 11.7. The third-order valence-electron chi connectivity index (χ3n) is 6.07. The molecule has 3 aromatic carbocycles. The molecule has 0 saturated carbocycles. The lowest BCUT2D eigenvalue weighted by atomic mass is 10.00. The topological polar surface area (TPSA) is 49.4 Å². The number of nitrogens with one attached hydrogen (secondary N) is 1. The largest absolute Gasteiger partial charge is 0.352 e. The summed E-state index contributed by atoms with van der Waals surface area (Å²) in [7, 11) is 0. The Morgan fingerprint density at radius 1 is 0.848 bits per heavy atom. The molecule has 172 valence electrons. The molecule has 33 heavy (non-hydrogen) atoms. The van der Waals surface area contributed by atoms with E-state index in [9.17, 15) is 9.59 Å². The standard InChI is InChI=1S/C29H34N2O2/c1-4-23(3)30-29(33)27(19-24-14-7-5-8-15-24)31(21-25-16-9-6-10-17-25)28(32)20-26-18-12-11-13-22(26)2/h5-18,23,27H,4,19-21H2,1-3H3,(H,30,33). The monoisotopic (exact) mass is 442 g/mol. The minimum atomic E-state index is -0.599. The molecule has 2 unspecified atom stereocenters. The molecule has 0 aliphatic heterocycles. The predicted molar refractivity (Wildman–Crippen MR) is 134 cm³/mol. The molecule has 0 radical (unpaired) electrons. The van der Waals surface area contributed by atoms with E-state index in [1.807, 2.05) is 106 Å². The van der Waals surface area contributed by atoms with Gasteiger partial charge in [-0.15, -0.1) is 0 Å². The van der Waals surface area contributed by atoms with Crippen molar-refractivity contribution in [3.63, 3.8) is 0 Å². The fraction of sp³-hybridized carbons (Fsp3) is 0.310. The van der Waals surface area contributed by atoms with Crippen LogP contribution in [0.25, 0.3) is 0 Å². The molecule has 0 saturated heterocycles. The molecular formula is C29H34N2O2. The number of aryl methyl sites for hydroxylation is 1. The highest BCUT2D eigenvalue weighted by atomic mass is 16.2. The number of amides is 2. The zero-order valence-electron chi connectivity index (χ0n) is 19.8. The van der Waals surface area contributed by atoms with Crippen molar-refractivity contribution in [1.29, 1.82) is 0 Å². The molecule has 4 heteroatoms. The molecule has 0 aliphatic rings. The van der Waals surface area contributed by atoms with Gasteiger partial charge in [0.05, 0.1) is 6.42 Å². The number of carbonyl (C=O) groups is 2. The van der Waals surface area contributed by atoms with E-state index < -0.39 is 6.04 Å². The third kappa shape index (κ3) is 7.04. The second kappa shape index (κ2) is 12.0. The van der Waals surface area contributed by atoms with Crippen LogP contribution >= 0.6 is 0 Å². The van der Waals surface area contributed by atoms with E-state index in [0.717, 1.165) is 28.7 Å². The van der Waals surface area contributed by atoms with Crippen LogP contribution < -0.4 is 5.32 Å². The molecule has 0 spiro atoms. The molecule has 3 aromatic rings. The van der Waals surface area contributed by atoms with Crippen LogP contribution in [0.4, 0.5) is 0 Å². The van der Waals surface area contributed by atoms with Crippen molar-refractivity contribution in [2.24, 2.45) is 0 Å². The zero-order chi connectivity index (χ0) is 23.6. The highest BCUT2D eigenvalue weighted by molar-refractivity contribution is 5.89. The van der Waals surface area contributed by atoms with Gasteiger partial charge in [0.1, 0.15) is 6.04 Å². The van der Waals surface area contributed by atoms with E-state index in [2.05, 4.69) is 5.32 Å². The molecule has 4 nitrogen and oxygen atoms in total. The van der Waals surface area contributed by atoms with Crippen LogP contribution in [-0.2, 0) is 29.0 Å². The molecule has 0 fully saturated rings. The summed E-state index contributed by atoms with van der Waals surface area (Å²) >= 11 is 0. The van der Waals surface area contributed by atoms with Crippen LogP contribution in [0.3, 0.4) is 0 Å². The average molecular weight is 443 g/mol. The number of hydrogen-bond acceptors (Lipinski definition) is 2. The molecule has 0 heterocycles.